The summed E-state index contributed by atoms with van der Waals surface area (Å²) in [5.41, 5.74) is -0.0490. The Morgan fingerprint density at radius 3 is 2.79 bits per heavy atom. The van der Waals surface area contributed by atoms with Crippen LogP contribution in [0.5, 0.6) is 0 Å². The second-order valence-corrected chi connectivity index (χ2v) is 5.37. The SMILES string of the molecule is O=C(O[C@@H]([C@H]1CCOC1)C(F)(F)F)c1ccc(-n2ccnc2)nc1. The summed E-state index contributed by atoms with van der Waals surface area (Å²) < 4.78 is 50.7. The van der Waals surface area contributed by atoms with Gasteiger partial charge in [0, 0.05) is 31.1 Å². The number of aromatic nitrogens is 3. The number of hydrogen-bond acceptors (Lipinski definition) is 5. The molecule has 1 saturated heterocycles. The van der Waals surface area contributed by atoms with Gasteiger partial charge >= 0.3 is 12.1 Å². The van der Waals surface area contributed by atoms with E-state index in [1.54, 1.807) is 17.0 Å². The highest BCUT2D eigenvalue weighted by Gasteiger charge is 2.49. The number of hydrogen-bond donors (Lipinski definition) is 0. The van der Waals surface area contributed by atoms with Crippen molar-refractivity contribution in [1.29, 1.82) is 0 Å². The molecular formula is C15H14F3N3O3. The summed E-state index contributed by atoms with van der Waals surface area (Å²) in [6, 6.07) is 2.86. The molecule has 2 atom stereocenters. The molecular weight excluding hydrogens is 327 g/mol. The molecule has 9 heteroatoms. The fourth-order valence-electron chi connectivity index (χ4n) is 2.46. The number of nitrogens with zero attached hydrogens (tertiary/aromatic N) is 3. The number of esters is 1. The van der Waals surface area contributed by atoms with Gasteiger partial charge in [-0.05, 0) is 18.6 Å². The predicted molar refractivity (Wildman–Crippen MR) is 75.5 cm³/mol. The van der Waals surface area contributed by atoms with Crippen molar-refractivity contribution < 1.29 is 27.4 Å². The van der Waals surface area contributed by atoms with Crippen LogP contribution in [0.1, 0.15) is 16.8 Å². The molecule has 0 aromatic carbocycles. The van der Waals surface area contributed by atoms with Gasteiger partial charge in [0.05, 0.1) is 12.2 Å². The first-order valence-electron chi connectivity index (χ1n) is 7.25. The van der Waals surface area contributed by atoms with Gasteiger partial charge in [0.1, 0.15) is 12.1 Å². The Bertz CT molecular complexity index is 680. The van der Waals surface area contributed by atoms with Gasteiger partial charge in [-0.25, -0.2) is 14.8 Å². The lowest BCUT2D eigenvalue weighted by Crippen LogP contribution is -2.40. The minimum Gasteiger partial charge on any atom is -0.449 e. The van der Waals surface area contributed by atoms with E-state index in [0.29, 0.717) is 5.82 Å². The lowest BCUT2D eigenvalue weighted by Gasteiger charge is -2.24. The van der Waals surface area contributed by atoms with E-state index in [1.807, 2.05) is 0 Å². The van der Waals surface area contributed by atoms with Gasteiger partial charge in [-0.15, -0.1) is 0 Å². The van der Waals surface area contributed by atoms with Crippen LogP contribution in [0.25, 0.3) is 5.82 Å². The van der Waals surface area contributed by atoms with E-state index >= 15 is 0 Å². The van der Waals surface area contributed by atoms with E-state index in [0.717, 1.165) is 0 Å². The molecule has 1 aliphatic rings. The molecule has 3 heterocycles. The van der Waals surface area contributed by atoms with E-state index in [4.69, 9.17) is 9.47 Å². The second-order valence-electron chi connectivity index (χ2n) is 5.37. The number of carbonyl (C=O) groups excluding carboxylic acids is 1. The summed E-state index contributed by atoms with van der Waals surface area (Å²) >= 11 is 0. The van der Waals surface area contributed by atoms with E-state index in [2.05, 4.69) is 9.97 Å². The van der Waals surface area contributed by atoms with Crippen LogP contribution in [0.4, 0.5) is 13.2 Å². The van der Waals surface area contributed by atoms with Gasteiger partial charge in [0.25, 0.3) is 0 Å². The molecule has 0 bridgehead atoms. The zero-order chi connectivity index (χ0) is 17.2. The lowest BCUT2D eigenvalue weighted by molar-refractivity contribution is -0.219. The van der Waals surface area contributed by atoms with Gasteiger partial charge in [-0.2, -0.15) is 13.2 Å². The monoisotopic (exact) mass is 341 g/mol. The van der Waals surface area contributed by atoms with Gasteiger partial charge in [0.15, 0.2) is 0 Å². The molecule has 0 saturated carbocycles. The van der Waals surface area contributed by atoms with Crippen LogP contribution in [0.2, 0.25) is 0 Å². The molecule has 1 fully saturated rings. The van der Waals surface area contributed by atoms with Crippen molar-refractivity contribution in [2.75, 3.05) is 13.2 Å². The van der Waals surface area contributed by atoms with E-state index in [9.17, 15) is 18.0 Å². The van der Waals surface area contributed by atoms with Crippen molar-refractivity contribution in [2.45, 2.75) is 18.7 Å². The zero-order valence-electron chi connectivity index (χ0n) is 12.4. The average Bonchev–Trinajstić information content (AvgIpc) is 3.24. The maximum absolute atomic E-state index is 13.1. The Morgan fingerprint density at radius 1 is 1.42 bits per heavy atom. The van der Waals surface area contributed by atoms with Crippen LogP contribution < -0.4 is 0 Å². The molecule has 2 aromatic rings. The van der Waals surface area contributed by atoms with Crippen molar-refractivity contribution >= 4 is 5.97 Å². The number of carbonyl (C=O) groups is 1. The highest BCUT2D eigenvalue weighted by atomic mass is 19.4. The molecule has 24 heavy (non-hydrogen) atoms. The van der Waals surface area contributed by atoms with Crippen molar-refractivity contribution in [2.24, 2.45) is 5.92 Å². The molecule has 6 nitrogen and oxygen atoms in total. The molecule has 0 aliphatic carbocycles. The molecule has 0 amide bonds. The first-order chi connectivity index (χ1) is 11.4. The fraction of sp³-hybridized carbons (Fsp3) is 0.400. The summed E-state index contributed by atoms with van der Waals surface area (Å²) in [7, 11) is 0. The van der Waals surface area contributed by atoms with Crippen LogP contribution in [-0.2, 0) is 9.47 Å². The highest BCUT2D eigenvalue weighted by molar-refractivity contribution is 5.89. The lowest BCUT2D eigenvalue weighted by atomic mass is 10.0. The van der Waals surface area contributed by atoms with Gasteiger partial charge in [0.2, 0.25) is 6.10 Å². The Kier molecular flexibility index (Phi) is 4.52. The number of halogens is 3. The van der Waals surface area contributed by atoms with E-state index in [-0.39, 0.29) is 25.2 Å². The highest BCUT2D eigenvalue weighted by Crippen LogP contribution is 2.33. The minimum atomic E-state index is -4.64. The average molecular weight is 341 g/mol. The molecule has 0 radical (unpaired) electrons. The Morgan fingerprint density at radius 2 is 2.25 bits per heavy atom. The normalized spacial score (nSPS) is 19.2. The molecule has 1 aliphatic heterocycles. The molecule has 2 aromatic heterocycles. The topological polar surface area (TPSA) is 66.2 Å². The van der Waals surface area contributed by atoms with Crippen molar-refractivity contribution in [3.05, 3.63) is 42.6 Å². The first-order valence-corrected chi connectivity index (χ1v) is 7.25. The third kappa shape index (κ3) is 3.56. The van der Waals surface area contributed by atoms with E-state index in [1.165, 1.54) is 24.7 Å². The maximum Gasteiger partial charge on any atom is 0.425 e. The minimum absolute atomic E-state index is 0.0490. The van der Waals surface area contributed by atoms with Crippen LogP contribution in [0.3, 0.4) is 0 Å². The quantitative estimate of drug-likeness (QED) is 0.799. The van der Waals surface area contributed by atoms with Gasteiger partial charge in [-0.3, -0.25) is 4.57 Å². The molecule has 0 N–H and O–H groups in total. The first kappa shape index (κ1) is 16.4. The summed E-state index contributed by atoms with van der Waals surface area (Å²) in [5.74, 6) is -1.46. The third-order valence-electron chi connectivity index (χ3n) is 3.70. The van der Waals surface area contributed by atoms with Crippen LogP contribution in [0.15, 0.2) is 37.1 Å². The van der Waals surface area contributed by atoms with Crippen LogP contribution >= 0.6 is 0 Å². The number of pyridine rings is 1. The largest absolute Gasteiger partial charge is 0.449 e. The van der Waals surface area contributed by atoms with E-state index < -0.39 is 24.2 Å². The molecule has 0 unspecified atom stereocenters. The summed E-state index contributed by atoms with van der Waals surface area (Å²) in [4.78, 5) is 19.9. The van der Waals surface area contributed by atoms with Crippen molar-refractivity contribution in [1.82, 2.24) is 14.5 Å². The Balaban J connectivity index is 1.73. The molecule has 0 spiro atoms. The maximum atomic E-state index is 13.1. The van der Waals surface area contributed by atoms with Crippen molar-refractivity contribution in [3.63, 3.8) is 0 Å². The summed E-state index contributed by atoms with van der Waals surface area (Å²) in [6.07, 6.45) is -0.716. The van der Waals surface area contributed by atoms with Crippen molar-refractivity contribution in [3.8, 4) is 5.82 Å². The Hall–Kier alpha value is -2.42. The zero-order valence-corrected chi connectivity index (χ0v) is 12.4. The van der Waals surface area contributed by atoms with Gasteiger partial charge in [-0.1, -0.05) is 0 Å². The number of alkyl halides is 3. The predicted octanol–water partition coefficient (Wildman–Crippen LogP) is 2.39. The Labute approximate surface area is 135 Å². The number of ether oxygens (including phenoxy) is 2. The fourth-order valence-corrected chi connectivity index (χ4v) is 2.46. The number of rotatable bonds is 4. The summed E-state index contributed by atoms with van der Waals surface area (Å²) in [6.45, 7) is 0.158. The van der Waals surface area contributed by atoms with Crippen LogP contribution in [-0.4, -0.2) is 46.0 Å². The second kappa shape index (κ2) is 6.60. The summed E-state index contributed by atoms with van der Waals surface area (Å²) in [5, 5.41) is 0. The molecule has 128 valence electrons. The number of imidazole rings is 1. The standard InChI is InChI=1S/C15H14F3N3O3/c16-15(17,18)13(11-3-6-23-8-11)24-14(22)10-1-2-12(20-7-10)21-5-4-19-9-21/h1-2,4-5,7,9,11,13H,3,6,8H2/t11-,13-/m0/s1. The third-order valence-corrected chi connectivity index (χ3v) is 3.70. The van der Waals surface area contributed by atoms with Crippen LogP contribution in [0, 0.1) is 5.92 Å². The molecule has 3 rings (SSSR count). The smallest absolute Gasteiger partial charge is 0.425 e. The van der Waals surface area contributed by atoms with Gasteiger partial charge < -0.3 is 9.47 Å².